The van der Waals surface area contributed by atoms with Crippen molar-refractivity contribution in [2.24, 2.45) is 17.6 Å². The second kappa shape index (κ2) is 9.04. The van der Waals surface area contributed by atoms with Crippen LogP contribution in [-0.4, -0.2) is 53.8 Å². The minimum Gasteiger partial charge on any atom is -0.339 e. The lowest BCUT2D eigenvalue weighted by Crippen LogP contribution is -2.51. The highest BCUT2D eigenvalue weighted by molar-refractivity contribution is 5.85. The number of piperazine rings is 1. The molecule has 3 aliphatic rings. The topological polar surface area (TPSA) is 66.6 Å². The van der Waals surface area contributed by atoms with Crippen molar-refractivity contribution in [2.45, 2.75) is 63.8 Å². The van der Waals surface area contributed by atoms with Gasteiger partial charge in [-0.15, -0.1) is 12.4 Å². The van der Waals surface area contributed by atoms with Crippen LogP contribution in [0.2, 0.25) is 0 Å². The van der Waals surface area contributed by atoms with Gasteiger partial charge in [0.1, 0.15) is 0 Å². The first-order valence-corrected chi connectivity index (χ1v) is 9.45. The number of carbonyl (C=O) groups excluding carboxylic acids is 2. The molecule has 5 nitrogen and oxygen atoms in total. The molecule has 6 heteroatoms. The first kappa shape index (κ1) is 19.5. The predicted molar refractivity (Wildman–Crippen MR) is 96.9 cm³/mol. The van der Waals surface area contributed by atoms with Gasteiger partial charge in [-0.25, -0.2) is 0 Å². The van der Waals surface area contributed by atoms with Crippen molar-refractivity contribution >= 4 is 24.2 Å². The molecule has 1 aliphatic heterocycles. The van der Waals surface area contributed by atoms with Crippen LogP contribution in [-0.2, 0) is 9.59 Å². The van der Waals surface area contributed by atoms with Crippen LogP contribution < -0.4 is 5.73 Å². The predicted octanol–water partition coefficient (Wildman–Crippen LogP) is 2.18. The Morgan fingerprint density at radius 1 is 0.917 bits per heavy atom. The molecule has 0 aromatic rings. The molecule has 1 saturated heterocycles. The Kier molecular flexibility index (Phi) is 7.35. The minimum absolute atomic E-state index is 0. The van der Waals surface area contributed by atoms with Crippen LogP contribution in [0.1, 0.15) is 57.8 Å². The number of hydrogen-bond donors (Lipinski definition) is 1. The van der Waals surface area contributed by atoms with Gasteiger partial charge in [-0.05, 0) is 31.6 Å². The average Bonchev–Trinajstić information content (AvgIpc) is 3.23. The summed E-state index contributed by atoms with van der Waals surface area (Å²) in [6, 6.07) is 0.197. The summed E-state index contributed by atoms with van der Waals surface area (Å²) < 4.78 is 0. The molecule has 2 unspecified atom stereocenters. The zero-order valence-corrected chi connectivity index (χ0v) is 15.4. The van der Waals surface area contributed by atoms with Crippen LogP contribution in [0.4, 0.5) is 0 Å². The molecule has 2 amide bonds. The van der Waals surface area contributed by atoms with Crippen molar-refractivity contribution in [3.8, 4) is 0 Å². The van der Waals surface area contributed by atoms with Crippen molar-refractivity contribution < 1.29 is 9.59 Å². The van der Waals surface area contributed by atoms with Gasteiger partial charge < -0.3 is 15.5 Å². The second-order valence-electron chi connectivity index (χ2n) is 7.67. The third-order valence-corrected chi connectivity index (χ3v) is 6.01. The van der Waals surface area contributed by atoms with Gasteiger partial charge in [0.25, 0.3) is 0 Å². The highest BCUT2D eigenvalue weighted by atomic mass is 35.5. The van der Waals surface area contributed by atoms with E-state index in [4.69, 9.17) is 5.73 Å². The summed E-state index contributed by atoms with van der Waals surface area (Å²) in [6.45, 7) is 2.79. The van der Waals surface area contributed by atoms with Gasteiger partial charge >= 0.3 is 0 Å². The van der Waals surface area contributed by atoms with E-state index in [2.05, 4.69) is 0 Å². The Labute approximate surface area is 151 Å². The van der Waals surface area contributed by atoms with E-state index in [1.54, 1.807) is 0 Å². The van der Waals surface area contributed by atoms with Gasteiger partial charge in [0.15, 0.2) is 0 Å². The van der Waals surface area contributed by atoms with Crippen LogP contribution in [0, 0.1) is 11.8 Å². The molecule has 0 radical (unpaired) electrons. The molecule has 2 aliphatic carbocycles. The Morgan fingerprint density at radius 3 is 2.12 bits per heavy atom. The van der Waals surface area contributed by atoms with E-state index in [9.17, 15) is 9.59 Å². The molecule has 2 atom stereocenters. The fourth-order valence-electron chi connectivity index (χ4n) is 4.46. The quantitative estimate of drug-likeness (QED) is 0.838. The summed E-state index contributed by atoms with van der Waals surface area (Å²) in [5, 5.41) is 0. The summed E-state index contributed by atoms with van der Waals surface area (Å²) in [6.07, 6.45) is 9.76. The molecular weight excluding hydrogens is 326 g/mol. The Bertz CT molecular complexity index is 432. The maximum Gasteiger partial charge on any atom is 0.225 e. The highest BCUT2D eigenvalue weighted by Crippen LogP contribution is 2.29. The maximum atomic E-state index is 12.5. The summed E-state index contributed by atoms with van der Waals surface area (Å²) in [4.78, 5) is 28.7. The van der Waals surface area contributed by atoms with Gasteiger partial charge in [0, 0.05) is 44.6 Å². The molecular formula is C18H32ClN3O2. The zero-order chi connectivity index (χ0) is 16.2. The summed E-state index contributed by atoms with van der Waals surface area (Å²) >= 11 is 0. The Balaban J connectivity index is 0.00000208. The van der Waals surface area contributed by atoms with Crippen molar-refractivity contribution in [1.29, 1.82) is 0 Å². The molecule has 0 bridgehead atoms. The van der Waals surface area contributed by atoms with Crippen LogP contribution >= 0.6 is 12.4 Å². The van der Waals surface area contributed by atoms with E-state index in [0.717, 1.165) is 31.6 Å². The van der Waals surface area contributed by atoms with E-state index < -0.39 is 0 Å². The Morgan fingerprint density at radius 2 is 1.54 bits per heavy atom. The number of amides is 2. The third kappa shape index (κ3) is 4.85. The Hall–Kier alpha value is -0.810. The standard InChI is InChI=1S/C18H31N3O2.ClH/c19-16-7-6-15(13-16)18(23)21-11-9-20(10-12-21)17(22)8-5-14-3-1-2-4-14;/h14-16H,1-13,19H2;1H. The molecule has 24 heavy (non-hydrogen) atoms. The van der Waals surface area contributed by atoms with E-state index >= 15 is 0 Å². The van der Waals surface area contributed by atoms with Crippen LogP contribution in [0.5, 0.6) is 0 Å². The van der Waals surface area contributed by atoms with Gasteiger partial charge in [-0.2, -0.15) is 0 Å². The largest absolute Gasteiger partial charge is 0.339 e. The first-order valence-electron chi connectivity index (χ1n) is 9.45. The number of carbonyl (C=O) groups is 2. The van der Waals surface area contributed by atoms with Crippen LogP contribution in [0.15, 0.2) is 0 Å². The SMILES string of the molecule is Cl.NC1CCC(C(=O)N2CCN(C(=O)CCC3CCCC3)CC2)C1. The minimum atomic E-state index is 0. The molecule has 138 valence electrons. The first-order chi connectivity index (χ1) is 11.1. The fraction of sp³-hybridized carbons (Fsp3) is 0.889. The number of hydrogen-bond acceptors (Lipinski definition) is 3. The summed E-state index contributed by atoms with van der Waals surface area (Å²) in [7, 11) is 0. The van der Waals surface area contributed by atoms with E-state index in [1.807, 2.05) is 9.80 Å². The molecule has 2 N–H and O–H groups in total. The lowest BCUT2D eigenvalue weighted by Gasteiger charge is -2.36. The zero-order valence-electron chi connectivity index (χ0n) is 14.6. The molecule has 1 heterocycles. The number of halogens is 1. The summed E-state index contributed by atoms with van der Waals surface area (Å²) in [5.74, 6) is 1.44. The van der Waals surface area contributed by atoms with E-state index in [1.165, 1.54) is 25.7 Å². The van der Waals surface area contributed by atoms with Gasteiger partial charge in [-0.3, -0.25) is 9.59 Å². The van der Waals surface area contributed by atoms with Crippen LogP contribution in [0.25, 0.3) is 0 Å². The highest BCUT2D eigenvalue weighted by Gasteiger charge is 2.33. The van der Waals surface area contributed by atoms with E-state index in [0.29, 0.717) is 32.6 Å². The number of nitrogens with two attached hydrogens (primary N) is 1. The van der Waals surface area contributed by atoms with Gasteiger partial charge in [-0.1, -0.05) is 25.7 Å². The molecule has 0 spiro atoms. The molecule has 3 fully saturated rings. The monoisotopic (exact) mass is 357 g/mol. The van der Waals surface area contributed by atoms with Gasteiger partial charge in [0.05, 0.1) is 0 Å². The maximum absolute atomic E-state index is 12.5. The molecule has 0 aromatic carbocycles. The second-order valence-corrected chi connectivity index (χ2v) is 7.67. The van der Waals surface area contributed by atoms with E-state index in [-0.39, 0.29) is 36.2 Å². The third-order valence-electron chi connectivity index (χ3n) is 6.01. The summed E-state index contributed by atoms with van der Waals surface area (Å²) in [5.41, 5.74) is 5.92. The van der Waals surface area contributed by atoms with Crippen molar-refractivity contribution in [2.75, 3.05) is 26.2 Å². The van der Waals surface area contributed by atoms with Crippen molar-refractivity contribution in [3.63, 3.8) is 0 Å². The fourth-order valence-corrected chi connectivity index (χ4v) is 4.46. The molecule has 0 aromatic heterocycles. The average molecular weight is 358 g/mol. The lowest BCUT2D eigenvalue weighted by atomic mass is 10.0. The smallest absolute Gasteiger partial charge is 0.225 e. The number of rotatable bonds is 4. The molecule has 3 rings (SSSR count). The lowest BCUT2D eigenvalue weighted by molar-refractivity contribution is -0.142. The van der Waals surface area contributed by atoms with Crippen molar-refractivity contribution in [3.05, 3.63) is 0 Å². The number of nitrogens with zero attached hydrogens (tertiary/aromatic N) is 2. The van der Waals surface area contributed by atoms with Gasteiger partial charge in [0.2, 0.25) is 11.8 Å². The molecule has 2 saturated carbocycles. The van der Waals surface area contributed by atoms with Crippen molar-refractivity contribution in [1.82, 2.24) is 9.80 Å². The normalized spacial score (nSPS) is 28.0. The van der Waals surface area contributed by atoms with Crippen LogP contribution in [0.3, 0.4) is 0 Å².